The zero-order valence-corrected chi connectivity index (χ0v) is 10.7. The second-order valence-electron chi connectivity index (χ2n) is 4.49. The van der Waals surface area contributed by atoms with Crippen LogP contribution >= 0.6 is 0 Å². The third kappa shape index (κ3) is 3.85. The summed E-state index contributed by atoms with van der Waals surface area (Å²) < 4.78 is 5.73. The molecular formula is C16H16O3. The maximum absolute atomic E-state index is 10.7. The topological polar surface area (TPSA) is 46.5 Å². The number of carboxylic acid groups (broad SMARTS) is 1. The van der Waals surface area contributed by atoms with Crippen LogP contribution in [-0.2, 0) is 4.79 Å². The predicted molar refractivity (Wildman–Crippen MR) is 73.6 cm³/mol. The minimum absolute atomic E-state index is 0.0307. The standard InChI is InChI=1S/C16H16O3/c1-12(10-16(17)18)13-6-5-9-15(11-13)19-14-7-3-2-4-8-14/h2-9,11-12H,10H2,1H3,(H,17,18). The number of rotatable bonds is 5. The van der Waals surface area contributed by atoms with Crippen LogP contribution in [0.3, 0.4) is 0 Å². The minimum Gasteiger partial charge on any atom is -0.481 e. The summed E-state index contributed by atoms with van der Waals surface area (Å²) in [5.74, 6) is 0.671. The van der Waals surface area contributed by atoms with Crippen LogP contribution in [0.4, 0.5) is 0 Å². The third-order valence-corrected chi connectivity index (χ3v) is 2.89. The Bertz CT molecular complexity index is 549. The van der Waals surface area contributed by atoms with Crippen molar-refractivity contribution in [1.29, 1.82) is 0 Å². The highest BCUT2D eigenvalue weighted by molar-refractivity contribution is 5.68. The van der Waals surface area contributed by atoms with Gasteiger partial charge in [-0.2, -0.15) is 0 Å². The van der Waals surface area contributed by atoms with E-state index >= 15 is 0 Å². The molecule has 1 N–H and O–H groups in total. The fourth-order valence-electron chi connectivity index (χ4n) is 1.89. The summed E-state index contributed by atoms with van der Waals surface area (Å²) in [5.41, 5.74) is 0.968. The summed E-state index contributed by atoms with van der Waals surface area (Å²) in [7, 11) is 0. The molecule has 98 valence electrons. The van der Waals surface area contributed by atoms with Gasteiger partial charge in [0.15, 0.2) is 0 Å². The molecule has 0 radical (unpaired) electrons. The lowest BCUT2D eigenvalue weighted by Crippen LogP contribution is -2.02. The molecule has 19 heavy (non-hydrogen) atoms. The fraction of sp³-hybridized carbons (Fsp3) is 0.188. The molecule has 0 heterocycles. The molecule has 0 saturated heterocycles. The number of carbonyl (C=O) groups is 1. The van der Waals surface area contributed by atoms with Crippen LogP contribution in [0.15, 0.2) is 54.6 Å². The van der Waals surface area contributed by atoms with Crippen molar-refractivity contribution in [2.45, 2.75) is 19.3 Å². The molecule has 3 nitrogen and oxygen atoms in total. The maximum atomic E-state index is 10.7. The van der Waals surface area contributed by atoms with E-state index in [9.17, 15) is 4.79 Å². The van der Waals surface area contributed by atoms with Gasteiger partial charge in [0.25, 0.3) is 0 Å². The first-order chi connectivity index (χ1) is 9.15. The van der Waals surface area contributed by atoms with E-state index in [2.05, 4.69) is 0 Å². The maximum Gasteiger partial charge on any atom is 0.303 e. The van der Waals surface area contributed by atoms with Crippen molar-refractivity contribution in [1.82, 2.24) is 0 Å². The van der Waals surface area contributed by atoms with Gasteiger partial charge in [-0.3, -0.25) is 4.79 Å². The summed E-state index contributed by atoms with van der Waals surface area (Å²) in [5, 5.41) is 8.82. The van der Waals surface area contributed by atoms with E-state index in [1.54, 1.807) is 0 Å². The van der Waals surface area contributed by atoms with Crippen molar-refractivity contribution >= 4 is 5.97 Å². The predicted octanol–water partition coefficient (Wildman–Crippen LogP) is 4.06. The molecule has 3 heteroatoms. The zero-order valence-electron chi connectivity index (χ0n) is 10.7. The van der Waals surface area contributed by atoms with Gasteiger partial charge in [-0.1, -0.05) is 37.3 Å². The number of aliphatic carboxylic acids is 1. The molecule has 0 aliphatic carbocycles. The largest absolute Gasteiger partial charge is 0.481 e. The first-order valence-electron chi connectivity index (χ1n) is 6.20. The second kappa shape index (κ2) is 6.05. The summed E-state index contributed by atoms with van der Waals surface area (Å²) in [6.45, 7) is 1.90. The molecule has 0 fully saturated rings. The van der Waals surface area contributed by atoms with E-state index < -0.39 is 5.97 Å². The number of ether oxygens (including phenoxy) is 1. The smallest absolute Gasteiger partial charge is 0.303 e. The van der Waals surface area contributed by atoms with Crippen LogP contribution in [0.5, 0.6) is 11.5 Å². The lowest BCUT2D eigenvalue weighted by molar-refractivity contribution is -0.137. The van der Waals surface area contributed by atoms with Crippen LogP contribution < -0.4 is 4.74 Å². The first-order valence-corrected chi connectivity index (χ1v) is 6.20. The number of benzene rings is 2. The van der Waals surface area contributed by atoms with E-state index in [1.165, 1.54) is 0 Å². The van der Waals surface area contributed by atoms with Crippen LogP contribution in [0.2, 0.25) is 0 Å². The molecule has 0 amide bonds. The Morgan fingerprint density at radius 3 is 2.47 bits per heavy atom. The monoisotopic (exact) mass is 256 g/mol. The third-order valence-electron chi connectivity index (χ3n) is 2.89. The Kier molecular flexibility index (Phi) is 4.18. The van der Waals surface area contributed by atoms with E-state index in [1.807, 2.05) is 61.5 Å². The van der Waals surface area contributed by atoms with Crippen molar-refractivity contribution in [2.24, 2.45) is 0 Å². The summed E-state index contributed by atoms with van der Waals surface area (Å²) in [4.78, 5) is 10.7. The average Bonchev–Trinajstić information content (AvgIpc) is 2.39. The highest BCUT2D eigenvalue weighted by Gasteiger charge is 2.10. The molecule has 1 atom stereocenters. The van der Waals surface area contributed by atoms with Gasteiger partial charge in [-0.15, -0.1) is 0 Å². The van der Waals surface area contributed by atoms with E-state index in [0.717, 1.165) is 17.1 Å². The minimum atomic E-state index is -0.790. The van der Waals surface area contributed by atoms with Crippen molar-refractivity contribution in [2.75, 3.05) is 0 Å². The number of hydrogen-bond acceptors (Lipinski definition) is 2. The van der Waals surface area contributed by atoms with Gasteiger partial charge >= 0.3 is 5.97 Å². The van der Waals surface area contributed by atoms with E-state index in [0.29, 0.717) is 0 Å². The Hall–Kier alpha value is -2.29. The number of hydrogen-bond donors (Lipinski definition) is 1. The molecule has 2 rings (SSSR count). The van der Waals surface area contributed by atoms with Crippen molar-refractivity contribution in [3.05, 3.63) is 60.2 Å². The normalized spacial score (nSPS) is 11.8. The Labute approximate surface area is 112 Å². The number of carboxylic acids is 1. The summed E-state index contributed by atoms with van der Waals surface area (Å²) >= 11 is 0. The van der Waals surface area contributed by atoms with Crippen molar-refractivity contribution < 1.29 is 14.6 Å². The van der Waals surface area contributed by atoms with Gasteiger partial charge < -0.3 is 9.84 Å². The lowest BCUT2D eigenvalue weighted by Gasteiger charge is -2.11. The zero-order chi connectivity index (χ0) is 13.7. The highest BCUT2D eigenvalue weighted by atomic mass is 16.5. The van der Waals surface area contributed by atoms with Crippen LogP contribution in [0, 0.1) is 0 Å². The molecule has 0 aliphatic heterocycles. The molecule has 1 unspecified atom stereocenters. The molecule has 2 aromatic carbocycles. The summed E-state index contributed by atoms with van der Waals surface area (Å²) in [6, 6.07) is 17.1. The van der Waals surface area contributed by atoms with Crippen LogP contribution in [0.1, 0.15) is 24.8 Å². The van der Waals surface area contributed by atoms with Gasteiger partial charge in [0.2, 0.25) is 0 Å². The second-order valence-corrected chi connectivity index (χ2v) is 4.49. The Morgan fingerprint density at radius 2 is 1.79 bits per heavy atom. The van der Waals surface area contributed by atoms with Crippen molar-refractivity contribution in [3.63, 3.8) is 0 Å². The summed E-state index contributed by atoms with van der Waals surface area (Å²) in [6.07, 6.45) is 0.120. The molecular weight excluding hydrogens is 240 g/mol. The molecule has 2 aromatic rings. The Balaban J connectivity index is 2.13. The van der Waals surface area contributed by atoms with Gasteiger partial charge in [-0.25, -0.2) is 0 Å². The van der Waals surface area contributed by atoms with Gasteiger partial charge in [0, 0.05) is 0 Å². The highest BCUT2D eigenvalue weighted by Crippen LogP contribution is 2.26. The quantitative estimate of drug-likeness (QED) is 0.877. The average molecular weight is 256 g/mol. The SMILES string of the molecule is CC(CC(=O)O)c1cccc(Oc2ccccc2)c1. The molecule has 0 saturated carbocycles. The van der Waals surface area contributed by atoms with Crippen molar-refractivity contribution in [3.8, 4) is 11.5 Å². The van der Waals surface area contributed by atoms with Gasteiger partial charge in [0.1, 0.15) is 11.5 Å². The molecule has 0 bridgehead atoms. The van der Waals surface area contributed by atoms with Crippen LogP contribution in [-0.4, -0.2) is 11.1 Å². The van der Waals surface area contributed by atoms with Gasteiger partial charge in [0.05, 0.1) is 6.42 Å². The molecule has 0 spiro atoms. The van der Waals surface area contributed by atoms with E-state index in [4.69, 9.17) is 9.84 Å². The fourth-order valence-corrected chi connectivity index (χ4v) is 1.89. The lowest BCUT2D eigenvalue weighted by atomic mass is 9.98. The molecule has 0 aromatic heterocycles. The van der Waals surface area contributed by atoms with Gasteiger partial charge in [-0.05, 0) is 35.7 Å². The molecule has 0 aliphatic rings. The number of para-hydroxylation sites is 1. The van der Waals surface area contributed by atoms with E-state index in [-0.39, 0.29) is 12.3 Å². The Morgan fingerprint density at radius 1 is 1.11 bits per heavy atom. The van der Waals surface area contributed by atoms with Crippen LogP contribution in [0.25, 0.3) is 0 Å². The first kappa shape index (κ1) is 13.1.